The molecule has 0 N–H and O–H groups in total. The van der Waals surface area contributed by atoms with E-state index in [0.717, 1.165) is 24.5 Å². The van der Waals surface area contributed by atoms with Gasteiger partial charge in [-0.25, -0.2) is 9.97 Å². The van der Waals surface area contributed by atoms with Crippen LogP contribution in [0.15, 0.2) is 60.7 Å². The Kier molecular flexibility index (Phi) is 5.06. The van der Waals surface area contributed by atoms with E-state index in [1.807, 2.05) is 54.3 Å². The van der Waals surface area contributed by atoms with E-state index in [1.54, 1.807) is 0 Å². The van der Waals surface area contributed by atoms with E-state index >= 15 is 0 Å². The van der Waals surface area contributed by atoms with E-state index in [2.05, 4.69) is 40.0 Å². The van der Waals surface area contributed by atoms with Crippen molar-refractivity contribution in [3.63, 3.8) is 0 Å². The van der Waals surface area contributed by atoms with Crippen LogP contribution in [-0.4, -0.2) is 33.9 Å². The summed E-state index contributed by atoms with van der Waals surface area (Å²) < 4.78 is 0. The van der Waals surface area contributed by atoms with Gasteiger partial charge in [0.1, 0.15) is 17.3 Å². The van der Waals surface area contributed by atoms with Gasteiger partial charge >= 0.3 is 0 Å². The summed E-state index contributed by atoms with van der Waals surface area (Å²) in [6.45, 7) is 6.01. The number of benzene rings is 2. The van der Waals surface area contributed by atoms with Gasteiger partial charge in [-0.2, -0.15) is 0 Å². The van der Waals surface area contributed by atoms with Crippen LogP contribution in [0.2, 0.25) is 0 Å². The van der Waals surface area contributed by atoms with Crippen molar-refractivity contribution in [3.05, 3.63) is 83.3 Å². The highest BCUT2D eigenvalue weighted by molar-refractivity contribution is 5.93. The number of amides is 1. The third-order valence-electron chi connectivity index (χ3n) is 5.12. The highest BCUT2D eigenvalue weighted by Gasteiger charge is 2.24. The van der Waals surface area contributed by atoms with Gasteiger partial charge in [0, 0.05) is 31.4 Å². The summed E-state index contributed by atoms with van der Waals surface area (Å²) >= 11 is 0. The Bertz CT molecular complexity index is 987. The smallest absolute Gasteiger partial charge is 0.272 e. The van der Waals surface area contributed by atoms with Gasteiger partial charge in [-0.05, 0) is 43.5 Å². The monoisotopic (exact) mass is 372 g/mol. The first-order valence-corrected chi connectivity index (χ1v) is 9.70. The van der Waals surface area contributed by atoms with Crippen molar-refractivity contribution in [1.82, 2.24) is 14.9 Å². The zero-order chi connectivity index (χ0) is 19.5. The molecule has 3 aromatic rings. The zero-order valence-electron chi connectivity index (χ0n) is 16.3. The highest BCUT2D eigenvalue weighted by Crippen LogP contribution is 2.25. The Morgan fingerprint density at radius 2 is 1.75 bits per heavy atom. The molecule has 0 bridgehead atoms. The molecule has 0 radical (unpaired) electrons. The first-order chi connectivity index (χ1) is 13.7. The van der Waals surface area contributed by atoms with E-state index in [0.29, 0.717) is 24.6 Å². The Morgan fingerprint density at radius 1 is 1.04 bits per heavy atom. The number of hydrogen-bond acceptors (Lipinski definition) is 4. The van der Waals surface area contributed by atoms with Gasteiger partial charge in [-0.1, -0.05) is 42.5 Å². The standard InChI is InChI=1S/C23H24N4O/c1-3-27(20-11-5-4-6-12-20)22-15-21(24-17(2)25-22)23(28)26-14-13-18-9-7-8-10-19(18)16-26/h4-12,15H,3,13-14,16H2,1-2H3. The van der Waals surface area contributed by atoms with Crippen LogP contribution in [0.25, 0.3) is 0 Å². The van der Waals surface area contributed by atoms with Crippen LogP contribution in [0.5, 0.6) is 0 Å². The number of carbonyl (C=O) groups excluding carboxylic acids is 1. The van der Waals surface area contributed by atoms with Gasteiger partial charge in [0.25, 0.3) is 5.91 Å². The molecule has 28 heavy (non-hydrogen) atoms. The average molecular weight is 372 g/mol. The van der Waals surface area contributed by atoms with Crippen LogP contribution < -0.4 is 4.90 Å². The van der Waals surface area contributed by atoms with E-state index in [-0.39, 0.29) is 5.91 Å². The summed E-state index contributed by atoms with van der Waals surface area (Å²) in [5.74, 6) is 1.32. The number of para-hydroxylation sites is 1. The first-order valence-electron chi connectivity index (χ1n) is 9.70. The summed E-state index contributed by atoms with van der Waals surface area (Å²) in [6.07, 6.45) is 0.879. The van der Waals surface area contributed by atoms with E-state index < -0.39 is 0 Å². The molecule has 0 spiro atoms. The summed E-state index contributed by atoms with van der Waals surface area (Å²) in [6, 6.07) is 20.2. The van der Waals surface area contributed by atoms with Crippen molar-refractivity contribution < 1.29 is 4.79 Å². The maximum Gasteiger partial charge on any atom is 0.272 e. The van der Waals surface area contributed by atoms with Crippen LogP contribution in [-0.2, 0) is 13.0 Å². The van der Waals surface area contributed by atoms with E-state index in [9.17, 15) is 4.79 Å². The number of carbonyl (C=O) groups is 1. The molecule has 0 saturated carbocycles. The van der Waals surface area contributed by atoms with Gasteiger partial charge in [0.2, 0.25) is 0 Å². The van der Waals surface area contributed by atoms with Crippen molar-refractivity contribution in [3.8, 4) is 0 Å². The van der Waals surface area contributed by atoms with Crippen molar-refractivity contribution in [2.45, 2.75) is 26.8 Å². The lowest BCUT2D eigenvalue weighted by atomic mass is 10.00. The van der Waals surface area contributed by atoms with Gasteiger partial charge in [-0.3, -0.25) is 4.79 Å². The van der Waals surface area contributed by atoms with E-state index in [1.165, 1.54) is 11.1 Å². The molecule has 0 atom stereocenters. The average Bonchev–Trinajstić information content (AvgIpc) is 2.74. The topological polar surface area (TPSA) is 49.3 Å². The Hall–Kier alpha value is -3.21. The number of nitrogens with zero attached hydrogens (tertiary/aromatic N) is 4. The second-order valence-corrected chi connectivity index (χ2v) is 6.98. The minimum Gasteiger partial charge on any atom is -0.333 e. The molecule has 0 aliphatic carbocycles. The predicted octanol–water partition coefficient (Wildman–Crippen LogP) is 4.14. The van der Waals surface area contributed by atoms with Crippen molar-refractivity contribution in [2.75, 3.05) is 18.0 Å². The second-order valence-electron chi connectivity index (χ2n) is 6.98. The summed E-state index contributed by atoms with van der Waals surface area (Å²) in [4.78, 5) is 26.2. The maximum absolute atomic E-state index is 13.2. The van der Waals surface area contributed by atoms with Crippen LogP contribution in [0.4, 0.5) is 11.5 Å². The molecule has 2 aromatic carbocycles. The highest BCUT2D eigenvalue weighted by atomic mass is 16.2. The minimum absolute atomic E-state index is 0.0367. The van der Waals surface area contributed by atoms with Gasteiger partial charge in [0.05, 0.1) is 0 Å². The fraction of sp³-hybridized carbons (Fsp3) is 0.261. The molecule has 142 valence electrons. The lowest BCUT2D eigenvalue weighted by Gasteiger charge is -2.29. The van der Waals surface area contributed by atoms with Gasteiger partial charge < -0.3 is 9.80 Å². The number of anilines is 2. The summed E-state index contributed by atoms with van der Waals surface area (Å²) in [7, 11) is 0. The van der Waals surface area contributed by atoms with Crippen molar-refractivity contribution in [2.24, 2.45) is 0 Å². The molecule has 1 aliphatic heterocycles. The Labute approximate surface area is 165 Å². The molecule has 1 aromatic heterocycles. The largest absolute Gasteiger partial charge is 0.333 e. The molecule has 0 saturated heterocycles. The van der Waals surface area contributed by atoms with Crippen molar-refractivity contribution in [1.29, 1.82) is 0 Å². The third kappa shape index (κ3) is 3.60. The number of aromatic nitrogens is 2. The molecular formula is C23H24N4O. The number of aryl methyl sites for hydroxylation is 1. The molecule has 0 unspecified atom stereocenters. The van der Waals surface area contributed by atoms with Crippen LogP contribution in [0.3, 0.4) is 0 Å². The molecule has 1 aliphatic rings. The number of hydrogen-bond donors (Lipinski definition) is 0. The third-order valence-corrected chi connectivity index (χ3v) is 5.12. The number of rotatable bonds is 4. The van der Waals surface area contributed by atoms with Crippen LogP contribution in [0, 0.1) is 6.92 Å². The molecular weight excluding hydrogens is 348 g/mol. The second kappa shape index (κ2) is 7.80. The lowest BCUT2D eigenvalue weighted by Crippen LogP contribution is -2.36. The molecule has 1 amide bonds. The maximum atomic E-state index is 13.2. The Balaban J connectivity index is 1.63. The molecule has 2 heterocycles. The predicted molar refractivity (Wildman–Crippen MR) is 111 cm³/mol. The molecule has 5 heteroatoms. The van der Waals surface area contributed by atoms with E-state index in [4.69, 9.17) is 0 Å². The van der Waals surface area contributed by atoms with Crippen LogP contribution in [0.1, 0.15) is 34.4 Å². The van der Waals surface area contributed by atoms with Gasteiger partial charge in [0.15, 0.2) is 0 Å². The molecule has 0 fully saturated rings. The Morgan fingerprint density at radius 3 is 2.50 bits per heavy atom. The first kappa shape index (κ1) is 18.2. The molecule has 4 rings (SSSR count). The number of fused-ring (bicyclic) bond motifs is 1. The lowest BCUT2D eigenvalue weighted by molar-refractivity contribution is 0.0728. The van der Waals surface area contributed by atoms with Crippen molar-refractivity contribution >= 4 is 17.4 Å². The van der Waals surface area contributed by atoms with Crippen LogP contribution >= 0.6 is 0 Å². The minimum atomic E-state index is -0.0367. The van der Waals surface area contributed by atoms with Gasteiger partial charge in [-0.15, -0.1) is 0 Å². The normalized spacial score (nSPS) is 13.1. The SMILES string of the molecule is CCN(c1ccccc1)c1cc(C(=O)N2CCc3ccccc3C2)nc(C)n1. The molecule has 5 nitrogen and oxygen atoms in total. The fourth-order valence-corrected chi connectivity index (χ4v) is 3.72. The summed E-state index contributed by atoms with van der Waals surface area (Å²) in [5, 5.41) is 0. The zero-order valence-corrected chi connectivity index (χ0v) is 16.3. The quantitative estimate of drug-likeness (QED) is 0.691. The fourth-order valence-electron chi connectivity index (χ4n) is 3.72. The summed E-state index contributed by atoms with van der Waals surface area (Å²) in [5.41, 5.74) is 4.05.